The lowest BCUT2D eigenvalue weighted by molar-refractivity contribution is -0.116. The summed E-state index contributed by atoms with van der Waals surface area (Å²) in [7, 11) is -3.58. The van der Waals surface area contributed by atoms with E-state index < -0.39 is 10.0 Å². The van der Waals surface area contributed by atoms with Gasteiger partial charge in [-0.3, -0.25) is 9.10 Å². The predicted octanol–water partition coefficient (Wildman–Crippen LogP) is 3.31. The minimum atomic E-state index is -3.58. The van der Waals surface area contributed by atoms with Crippen molar-refractivity contribution < 1.29 is 13.2 Å². The first-order valence-corrected chi connectivity index (χ1v) is 9.98. The minimum absolute atomic E-state index is 0.0118. The summed E-state index contributed by atoms with van der Waals surface area (Å²) in [6, 6.07) is 13.4. The molecule has 6 nitrogen and oxygen atoms in total. The fourth-order valence-corrected chi connectivity index (χ4v) is 3.53. The van der Waals surface area contributed by atoms with Crippen LogP contribution in [-0.4, -0.2) is 27.1 Å². The van der Waals surface area contributed by atoms with E-state index in [2.05, 4.69) is 5.32 Å². The molecule has 0 fully saturated rings. The molecule has 0 heterocycles. The Kier molecular flexibility index (Phi) is 6.24. The van der Waals surface area contributed by atoms with Gasteiger partial charge in [0.25, 0.3) is 0 Å². The summed E-state index contributed by atoms with van der Waals surface area (Å²) in [5.74, 6) is -0.331. The van der Waals surface area contributed by atoms with Crippen molar-refractivity contribution in [2.75, 3.05) is 22.4 Å². The molecular weight excluding hydrogens is 374 g/mol. The number of halogens is 1. The molecule has 0 bridgehead atoms. The second-order valence-electron chi connectivity index (χ2n) is 5.71. The summed E-state index contributed by atoms with van der Waals surface area (Å²) in [5.41, 5.74) is 2.11. The topological polar surface area (TPSA) is 90.3 Å². The number of sulfonamides is 1. The van der Waals surface area contributed by atoms with Crippen LogP contribution in [0.25, 0.3) is 0 Å². The predicted molar refractivity (Wildman–Crippen MR) is 103 cm³/mol. The third kappa shape index (κ3) is 4.97. The van der Waals surface area contributed by atoms with E-state index in [4.69, 9.17) is 16.9 Å². The summed E-state index contributed by atoms with van der Waals surface area (Å²) >= 11 is 6.08. The smallest absolute Gasteiger partial charge is 0.232 e. The number of nitrogens with zero attached hydrogens (tertiary/aromatic N) is 2. The van der Waals surface area contributed by atoms with Crippen LogP contribution in [0.2, 0.25) is 5.02 Å². The number of nitrogens with one attached hydrogen (secondary N) is 1. The molecule has 26 heavy (non-hydrogen) atoms. The zero-order valence-corrected chi connectivity index (χ0v) is 15.9. The van der Waals surface area contributed by atoms with E-state index in [-0.39, 0.29) is 18.9 Å². The molecule has 0 aliphatic heterocycles. The van der Waals surface area contributed by atoms with E-state index in [0.717, 1.165) is 6.26 Å². The zero-order chi connectivity index (χ0) is 19.3. The number of amides is 1. The lowest BCUT2D eigenvalue weighted by atomic mass is 10.2. The molecule has 0 aliphatic carbocycles. The first-order chi connectivity index (χ1) is 12.2. The third-order valence-electron chi connectivity index (χ3n) is 3.75. The Morgan fingerprint density at radius 2 is 1.88 bits per heavy atom. The van der Waals surface area contributed by atoms with Crippen molar-refractivity contribution in [3.8, 4) is 6.07 Å². The average Bonchev–Trinajstić information content (AvgIpc) is 2.58. The van der Waals surface area contributed by atoms with Gasteiger partial charge in [-0.2, -0.15) is 5.26 Å². The molecule has 0 spiro atoms. The van der Waals surface area contributed by atoms with Crippen molar-refractivity contribution in [1.82, 2.24) is 0 Å². The summed E-state index contributed by atoms with van der Waals surface area (Å²) in [4.78, 5) is 12.2. The Hall–Kier alpha value is -2.56. The minimum Gasteiger partial charge on any atom is -0.326 e. The molecule has 1 N–H and O–H groups in total. The van der Waals surface area contributed by atoms with Crippen LogP contribution in [0, 0.1) is 18.3 Å². The van der Waals surface area contributed by atoms with Gasteiger partial charge in [-0.15, -0.1) is 0 Å². The molecule has 0 aromatic heterocycles. The standard InChI is InChI=1S/C18H18ClN3O3S/c1-13-16(19)4-3-5-17(13)22(26(2,24)25)11-10-18(23)21-15-8-6-14(12-20)7-9-15/h3-9H,10-11H2,1-2H3,(H,21,23). The van der Waals surface area contributed by atoms with Crippen molar-refractivity contribution in [2.45, 2.75) is 13.3 Å². The molecule has 0 unspecified atom stereocenters. The number of carbonyl (C=O) groups excluding carboxylic acids is 1. The van der Waals surface area contributed by atoms with Crippen LogP contribution in [0.4, 0.5) is 11.4 Å². The van der Waals surface area contributed by atoms with Gasteiger partial charge >= 0.3 is 0 Å². The van der Waals surface area contributed by atoms with Crippen molar-refractivity contribution >= 4 is 38.9 Å². The largest absolute Gasteiger partial charge is 0.326 e. The van der Waals surface area contributed by atoms with Crippen LogP contribution in [0.15, 0.2) is 42.5 Å². The second-order valence-corrected chi connectivity index (χ2v) is 8.02. The maximum atomic E-state index is 12.2. The maximum Gasteiger partial charge on any atom is 0.232 e. The number of nitriles is 1. The number of hydrogen-bond donors (Lipinski definition) is 1. The van der Waals surface area contributed by atoms with Crippen LogP contribution >= 0.6 is 11.6 Å². The number of carbonyl (C=O) groups is 1. The van der Waals surface area contributed by atoms with E-state index in [1.165, 1.54) is 4.31 Å². The Bertz CT molecular complexity index is 951. The Morgan fingerprint density at radius 1 is 1.23 bits per heavy atom. The van der Waals surface area contributed by atoms with Crippen molar-refractivity contribution in [3.63, 3.8) is 0 Å². The summed E-state index contributed by atoms with van der Waals surface area (Å²) in [6.45, 7) is 1.72. The van der Waals surface area contributed by atoms with Gasteiger partial charge in [0.05, 0.1) is 23.6 Å². The molecular formula is C18H18ClN3O3S. The van der Waals surface area contributed by atoms with Gasteiger partial charge in [0.15, 0.2) is 0 Å². The van der Waals surface area contributed by atoms with Gasteiger partial charge in [-0.1, -0.05) is 17.7 Å². The lowest BCUT2D eigenvalue weighted by Gasteiger charge is -2.24. The van der Waals surface area contributed by atoms with Gasteiger partial charge in [0, 0.05) is 23.7 Å². The van der Waals surface area contributed by atoms with Crippen LogP contribution in [-0.2, 0) is 14.8 Å². The number of hydrogen-bond acceptors (Lipinski definition) is 4. The summed E-state index contributed by atoms with van der Waals surface area (Å²) < 4.78 is 25.5. The highest BCUT2D eigenvalue weighted by atomic mass is 35.5. The molecule has 0 radical (unpaired) electrons. The third-order valence-corrected chi connectivity index (χ3v) is 5.34. The normalized spacial score (nSPS) is 10.8. The Morgan fingerprint density at radius 3 is 2.46 bits per heavy atom. The van der Waals surface area contributed by atoms with E-state index in [0.29, 0.717) is 27.5 Å². The molecule has 136 valence electrons. The average molecular weight is 392 g/mol. The van der Waals surface area contributed by atoms with Gasteiger partial charge in [0.1, 0.15) is 0 Å². The molecule has 2 aromatic rings. The van der Waals surface area contributed by atoms with Crippen molar-refractivity contribution in [3.05, 3.63) is 58.6 Å². The van der Waals surface area contributed by atoms with E-state index in [1.807, 2.05) is 6.07 Å². The number of rotatable bonds is 6. The highest BCUT2D eigenvalue weighted by molar-refractivity contribution is 7.92. The molecule has 1 amide bonds. The van der Waals surface area contributed by atoms with Gasteiger partial charge in [-0.25, -0.2) is 8.42 Å². The SMILES string of the molecule is Cc1c(Cl)cccc1N(CCC(=O)Nc1ccc(C#N)cc1)S(C)(=O)=O. The van der Waals surface area contributed by atoms with Crippen molar-refractivity contribution in [1.29, 1.82) is 5.26 Å². The quantitative estimate of drug-likeness (QED) is 0.817. The van der Waals surface area contributed by atoms with Crippen LogP contribution in [0.1, 0.15) is 17.5 Å². The fraction of sp³-hybridized carbons (Fsp3) is 0.222. The summed E-state index contributed by atoms with van der Waals surface area (Å²) in [5, 5.41) is 11.9. The van der Waals surface area contributed by atoms with Gasteiger partial charge < -0.3 is 5.32 Å². The first kappa shape index (κ1) is 19.8. The lowest BCUT2D eigenvalue weighted by Crippen LogP contribution is -2.33. The number of benzene rings is 2. The van der Waals surface area contributed by atoms with E-state index in [1.54, 1.807) is 49.4 Å². The Balaban J connectivity index is 2.11. The molecule has 8 heteroatoms. The molecule has 0 saturated heterocycles. The summed E-state index contributed by atoms with van der Waals surface area (Å²) in [6.07, 6.45) is 1.06. The fourth-order valence-electron chi connectivity index (χ4n) is 2.39. The number of anilines is 2. The van der Waals surface area contributed by atoms with Crippen molar-refractivity contribution in [2.24, 2.45) is 0 Å². The van der Waals surface area contributed by atoms with Crippen LogP contribution in [0.3, 0.4) is 0 Å². The molecule has 0 saturated carbocycles. The molecule has 0 atom stereocenters. The van der Waals surface area contributed by atoms with Gasteiger partial charge in [-0.05, 0) is 48.9 Å². The first-order valence-electron chi connectivity index (χ1n) is 7.75. The highest BCUT2D eigenvalue weighted by Crippen LogP contribution is 2.28. The molecule has 0 aliphatic rings. The monoisotopic (exact) mass is 391 g/mol. The molecule has 2 rings (SSSR count). The Labute approximate surface area is 158 Å². The molecule has 2 aromatic carbocycles. The van der Waals surface area contributed by atoms with E-state index in [9.17, 15) is 13.2 Å². The van der Waals surface area contributed by atoms with E-state index >= 15 is 0 Å². The maximum absolute atomic E-state index is 12.2. The second kappa shape index (κ2) is 8.21. The zero-order valence-electron chi connectivity index (χ0n) is 14.4. The van der Waals surface area contributed by atoms with Gasteiger partial charge in [0.2, 0.25) is 15.9 Å². The highest BCUT2D eigenvalue weighted by Gasteiger charge is 2.21. The van der Waals surface area contributed by atoms with Crippen LogP contribution in [0.5, 0.6) is 0 Å². The van der Waals surface area contributed by atoms with Crippen LogP contribution < -0.4 is 9.62 Å².